The molecule has 0 saturated heterocycles. The van der Waals surface area contributed by atoms with E-state index in [0.29, 0.717) is 6.54 Å². The van der Waals surface area contributed by atoms with Crippen LogP contribution in [0.1, 0.15) is 11.1 Å². The van der Waals surface area contributed by atoms with Crippen LogP contribution in [0.4, 0.5) is 5.69 Å². The van der Waals surface area contributed by atoms with E-state index in [-0.39, 0.29) is 18.3 Å². The van der Waals surface area contributed by atoms with Gasteiger partial charge in [0.1, 0.15) is 0 Å². The number of pyridine rings is 1. The Hall–Kier alpha value is -2.65. The molecule has 1 heterocycles. The Labute approximate surface area is 148 Å². The first-order chi connectivity index (χ1) is 11.3. The number of anilines is 1. The summed E-state index contributed by atoms with van der Waals surface area (Å²) in [6.45, 7) is 0.306. The molecule has 1 aromatic heterocycles. The molecule has 0 saturated carbocycles. The molecule has 0 unspecified atom stereocenters. The third-order valence-electron chi connectivity index (χ3n) is 3.59. The summed E-state index contributed by atoms with van der Waals surface area (Å²) in [6.07, 6.45) is 4.80. The number of hydrogen-bond acceptors (Lipinski definition) is 1. The molecule has 24 heavy (non-hydrogen) atoms. The van der Waals surface area contributed by atoms with Gasteiger partial charge in [-0.25, -0.2) is 0 Å². The van der Waals surface area contributed by atoms with Crippen LogP contribution in [0.3, 0.4) is 0 Å². The highest BCUT2D eigenvalue weighted by Gasteiger charge is 2.09. The minimum Gasteiger partial charge on any atom is -1.00 e. The summed E-state index contributed by atoms with van der Waals surface area (Å²) in [7, 11) is 0. The highest BCUT2D eigenvalue weighted by molar-refractivity contribution is 5.89. The van der Waals surface area contributed by atoms with Crippen LogP contribution in [-0.4, -0.2) is 5.91 Å². The molecule has 0 atom stereocenters. The van der Waals surface area contributed by atoms with Crippen LogP contribution >= 0.6 is 0 Å². The van der Waals surface area contributed by atoms with Crippen LogP contribution in [0.5, 0.6) is 0 Å². The van der Waals surface area contributed by atoms with Gasteiger partial charge in [-0.3, -0.25) is 4.79 Å². The van der Waals surface area contributed by atoms with E-state index >= 15 is 0 Å². The zero-order valence-electron chi connectivity index (χ0n) is 13.2. The molecule has 0 aliphatic carbocycles. The predicted octanol–water partition coefficient (Wildman–Crippen LogP) is 0.208. The number of para-hydroxylation sites is 1. The van der Waals surface area contributed by atoms with Crippen molar-refractivity contribution >= 4 is 11.6 Å². The van der Waals surface area contributed by atoms with Crippen molar-refractivity contribution in [3.8, 4) is 0 Å². The summed E-state index contributed by atoms with van der Waals surface area (Å²) >= 11 is 0. The second-order valence-electron chi connectivity index (χ2n) is 5.46. The van der Waals surface area contributed by atoms with Gasteiger partial charge >= 0.3 is 0 Å². The van der Waals surface area contributed by atoms with E-state index in [1.165, 1.54) is 11.1 Å². The Morgan fingerprint density at radius 1 is 0.792 bits per heavy atom. The minimum absolute atomic E-state index is 0. The Balaban J connectivity index is 0.00000208. The molecule has 0 radical (unpaired) electrons. The van der Waals surface area contributed by atoms with Gasteiger partial charge in [0.25, 0.3) is 5.91 Å². The number of rotatable bonds is 5. The maximum atomic E-state index is 12.0. The molecule has 0 aliphatic heterocycles. The molecule has 1 N–H and O–H groups in total. The van der Waals surface area contributed by atoms with Gasteiger partial charge in [0.2, 0.25) is 6.54 Å². The van der Waals surface area contributed by atoms with Crippen molar-refractivity contribution in [3.63, 3.8) is 0 Å². The number of halogens is 1. The normalized spacial score (nSPS) is 9.83. The molecule has 122 valence electrons. The lowest BCUT2D eigenvalue weighted by Crippen LogP contribution is -3.00. The number of benzene rings is 2. The van der Waals surface area contributed by atoms with Gasteiger partial charge in [-0.2, -0.15) is 4.57 Å². The number of carbonyl (C=O) groups is 1. The van der Waals surface area contributed by atoms with Crippen molar-refractivity contribution in [2.75, 3.05) is 5.32 Å². The van der Waals surface area contributed by atoms with Crippen molar-refractivity contribution < 1.29 is 21.8 Å². The zero-order valence-corrected chi connectivity index (χ0v) is 14.0. The van der Waals surface area contributed by atoms with Crippen LogP contribution in [0, 0.1) is 0 Å². The van der Waals surface area contributed by atoms with Crippen molar-refractivity contribution in [2.45, 2.75) is 13.0 Å². The van der Waals surface area contributed by atoms with E-state index in [0.717, 1.165) is 12.1 Å². The molecule has 1 amide bonds. The fourth-order valence-corrected chi connectivity index (χ4v) is 2.43. The maximum absolute atomic E-state index is 12.0. The number of hydrogen-bond donors (Lipinski definition) is 1. The third kappa shape index (κ3) is 5.21. The Morgan fingerprint density at radius 3 is 1.96 bits per heavy atom. The lowest BCUT2D eigenvalue weighted by atomic mass is 10.1. The minimum atomic E-state index is -0.0305. The summed E-state index contributed by atoms with van der Waals surface area (Å²) < 4.78 is 1.88. The van der Waals surface area contributed by atoms with E-state index in [2.05, 4.69) is 29.6 Å². The summed E-state index contributed by atoms with van der Waals surface area (Å²) in [5.41, 5.74) is 3.33. The maximum Gasteiger partial charge on any atom is 0.290 e. The summed E-state index contributed by atoms with van der Waals surface area (Å²) in [5.74, 6) is -0.0305. The molecule has 3 aromatic rings. The fraction of sp³-hybridized carbons (Fsp3) is 0.100. The van der Waals surface area contributed by atoms with Crippen molar-refractivity contribution in [2.24, 2.45) is 0 Å². The summed E-state index contributed by atoms with van der Waals surface area (Å²) in [4.78, 5) is 12.0. The lowest BCUT2D eigenvalue weighted by molar-refractivity contribution is -0.684. The van der Waals surface area contributed by atoms with E-state index in [1.807, 2.05) is 65.5 Å². The quantitative estimate of drug-likeness (QED) is 0.663. The van der Waals surface area contributed by atoms with Gasteiger partial charge in [0.15, 0.2) is 12.4 Å². The van der Waals surface area contributed by atoms with Crippen LogP contribution in [-0.2, 0) is 17.8 Å². The summed E-state index contributed by atoms with van der Waals surface area (Å²) in [5, 5.41) is 2.89. The standard InChI is InChI=1S/C20H18N2O.ClH/c23-20(21-19-9-5-2-6-10-19)16-22-13-11-18(12-14-22)15-17-7-3-1-4-8-17;/h1-14H,15-16H2;1H. The van der Waals surface area contributed by atoms with Gasteiger partial charge in [0.05, 0.1) is 0 Å². The number of nitrogens with one attached hydrogen (secondary N) is 1. The fourth-order valence-electron chi connectivity index (χ4n) is 2.43. The Kier molecular flexibility index (Phi) is 6.52. The molecule has 3 rings (SSSR count). The Bertz CT molecular complexity index is 759. The van der Waals surface area contributed by atoms with E-state index in [1.54, 1.807) is 0 Å². The van der Waals surface area contributed by atoms with Gasteiger partial charge < -0.3 is 17.7 Å². The van der Waals surface area contributed by atoms with Gasteiger partial charge in [0, 0.05) is 17.8 Å². The first-order valence-corrected chi connectivity index (χ1v) is 7.66. The molecular formula is C20H19ClN2O. The predicted molar refractivity (Wildman–Crippen MR) is 91.0 cm³/mol. The van der Waals surface area contributed by atoms with Crippen LogP contribution in [0.2, 0.25) is 0 Å². The molecule has 0 fully saturated rings. The largest absolute Gasteiger partial charge is 1.00 e. The summed E-state index contributed by atoms with van der Waals surface area (Å²) in [6, 6.07) is 24.0. The second kappa shape index (κ2) is 8.85. The molecular weight excluding hydrogens is 320 g/mol. The second-order valence-corrected chi connectivity index (χ2v) is 5.46. The number of amides is 1. The number of carbonyl (C=O) groups excluding carboxylic acids is 1. The molecule has 4 heteroatoms. The molecule has 0 aliphatic rings. The van der Waals surface area contributed by atoms with Crippen molar-refractivity contribution in [3.05, 3.63) is 96.3 Å². The van der Waals surface area contributed by atoms with Gasteiger partial charge in [-0.1, -0.05) is 48.5 Å². The first kappa shape index (κ1) is 17.7. The van der Waals surface area contributed by atoms with Crippen LogP contribution in [0.25, 0.3) is 0 Å². The average Bonchev–Trinajstić information content (AvgIpc) is 2.58. The van der Waals surface area contributed by atoms with E-state index < -0.39 is 0 Å². The smallest absolute Gasteiger partial charge is 0.290 e. The lowest BCUT2D eigenvalue weighted by Gasteiger charge is -2.03. The average molecular weight is 339 g/mol. The van der Waals surface area contributed by atoms with Crippen molar-refractivity contribution in [1.82, 2.24) is 0 Å². The monoisotopic (exact) mass is 338 g/mol. The highest BCUT2D eigenvalue weighted by atomic mass is 35.5. The topological polar surface area (TPSA) is 33.0 Å². The molecule has 3 nitrogen and oxygen atoms in total. The first-order valence-electron chi connectivity index (χ1n) is 7.66. The van der Waals surface area contributed by atoms with Gasteiger partial charge in [-0.15, -0.1) is 0 Å². The molecule has 0 bridgehead atoms. The van der Waals surface area contributed by atoms with Crippen molar-refractivity contribution in [1.29, 1.82) is 0 Å². The highest BCUT2D eigenvalue weighted by Crippen LogP contribution is 2.07. The number of nitrogens with zero attached hydrogens (tertiary/aromatic N) is 1. The SMILES string of the molecule is O=C(C[n+]1ccc(Cc2ccccc2)cc1)Nc1ccccc1.[Cl-]. The van der Waals surface area contributed by atoms with Gasteiger partial charge in [-0.05, 0) is 29.7 Å². The van der Waals surface area contributed by atoms with E-state index in [9.17, 15) is 4.79 Å². The van der Waals surface area contributed by atoms with Crippen LogP contribution < -0.4 is 22.3 Å². The molecule has 0 spiro atoms. The Morgan fingerprint density at radius 2 is 1.33 bits per heavy atom. The zero-order chi connectivity index (χ0) is 15.9. The molecule has 2 aromatic carbocycles. The number of aromatic nitrogens is 1. The van der Waals surface area contributed by atoms with Crippen LogP contribution in [0.15, 0.2) is 85.2 Å². The van der Waals surface area contributed by atoms with E-state index in [4.69, 9.17) is 0 Å². The third-order valence-corrected chi connectivity index (χ3v) is 3.59.